The molecule has 0 aromatic carbocycles. The van der Waals surface area contributed by atoms with Crippen LogP contribution >= 0.6 is 0 Å². The lowest BCUT2D eigenvalue weighted by molar-refractivity contribution is -0.125. The average Bonchev–Trinajstić information content (AvgIpc) is 2.53. The quantitative estimate of drug-likeness (QED) is 0.663. The van der Waals surface area contributed by atoms with Crippen molar-refractivity contribution in [1.82, 2.24) is 5.32 Å². The zero-order valence-corrected chi connectivity index (χ0v) is 7.39. The third-order valence-electron chi connectivity index (χ3n) is 2.56. The summed E-state index contributed by atoms with van der Waals surface area (Å²) in [5.41, 5.74) is 0. The van der Waals surface area contributed by atoms with Crippen molar-refractivity contribution in [1.29, 1.82) is 0 Å². The van der Waals surface area contributed by atoms with Crippen LogP contribution in [-0.2, 0) is 4.79 Å². The molecule has 0 aliphatic carbocycles. The minimum absolute atomic E-state index is 0.264. The Morgan fingerprint density at radius 2 is 2.45 bits per heavy atom. The van der Waals surface area contributed by atoms with E-state index in [-0.39, 0.29) is 5.92 Å². The molecule has 1 aliphatic heterocycles. The molecule has 0 aromatic heterocycles. The number of carbonyl (C=O) groups excluding carboxylic acids is 1. The smallest absolute Gasteiger partial charge is 0.140 e. The Kier molecular flexibility index (Phi) is 3.06. The summed E-state index contributed by atoms with van der Waals surface area (Å²) in [7, 11) is 0. The summed E-state index contributed by atoms with van der Waals surface area (Å²) in [5, 5.41) is 3.21. The van der Waals surface area contributed by atoms with Crippen molar-refractivity contribution in [2.45, 2.75) is 26.7 Å². The van der Waals surface area contributed by atoms with Gasteiger partial charge in [-0.3, -0.25) is 4.79 Å². The fraction of sp³-hybridized carbons (Fsp3) is 0.889. The van der Waals surface area contributed by atoms with E-state index in [1.165, 1.54) is 0 Å². The maximum atomic E-state index is 11.5. The van der Waals surface area contributed by atoms with Crippen LogP contribution in [0.25, 0.3) is 0 Å². The number of ketones is 1. The first-order valence-corrected chi connectivity index (χ1v) is 4.50. The molecule has 2 heteroatoms. The number of rotatable bonds is 3. The molecular weight excluding hydrogens is 138 g/mol. The molecule has 0 amide bonds. The van der Waals surface area contributed by atoms with Gasteiger partial charge in [0.1, 0.15) is 5.78 Å². The lowest BCUT2D eigenvalue weighted by Gasteiger charge is -2.11. The third-order valence-corrected chi connectivity index (χ3v) is 2.56. The Bertz CT molecular complexity index is 138. The highest BCUT2D eigenvalue weighted by molar-refractivity contribution is 5.83. The van der Waals surface area contributed by atoms with Gasteiger partial charge in [-0.05, 0) is 19.4 Å². The maximum Gasteiger partial charge on any atom is 0.140 e. The van der Waals surface area contributed by atoms with Crippen LogP contribution in [0.15, 0.2) is 0 Å². The lowest BCUT2D eigenvalue weighted by atomic mass is 9.92. The van der Waals surface area contributed by atoms with Crippen LogP contribution in [0, 0.1) is 11.8 Å². The summed E-state index contributed by atoms with van der Waals surface area (Å²) in [6.45, 7) is 6.03. The molecule has 1 saturated heterocycles. The molecule has 1 fully saturated rings. The van der Waals surface area contributed by atoms with E-state index < -0.39 is 0 Å². The molecule has 0 aromatic rings. The van der Waals surface area contributed by atoms with E-state index in [4.69, 9.17) is 0 Å². The van der Waals surface area contributed by atoms with Gasteiger partial charge >= 0.3 is 0 Å². The predicted octanol–water partition coefficient (Wildman–Crippen LogP) is 1.21. The van der Waals surface area contributed by atoms with Crippen LogP contribution in [-0.4, -0.2) is 18.9 Å². The molecule has 1 aliphatic rings. The van der Waals surface area contributed by atoms with Gasteiger partial charge < -0.3 is 5.32 Å². The molecule has 0 radical (unpaired) electrons. The Balaban J connectivity index is 2.39. The van der Waals surface area contributed by atoms with E-state index >= 15 is 0 Å². The van der Waals surface area contributed by atoms with Crippen molar-refractivity contribution in [2.75, 3.05) is 13.1 Å². The van der Waals surface area contributed by atoms with Gasteiger partial charge in [-0.1, -0.05) is 13.8 Å². The largest absolute Gasteiger partial charge is 0.316 e. The SMILES string of the molecule is CCC(C)C(=O)C1CCNC1. The molecule has 1 N–H and O–H groups in total. The van der Waals surface area contributed by atoms with Gasteiger partial charge in [-0.15, -0.1) is 0 Å². The maximum absolute atomic E-state index is 11.5. The second-order valence-electron chi connectivity index (χ2n) is 3.40. The summed E-state index contributed by atoms with van der Waals surface area (Å²) < 4.78 is 0. The topological polar surface area (TPSA) is 29.1 Å². The van der Waals surface area contributed by atoms with Crippen molar-refractivity contribution in [3.8, 4) is 0 Å². The van der Waals surface area contributed by atoms with Crippen LogP contribution in [0.5, 0.6) is 0 Å². The lowest BCUT2D eigenvalue weighted by Crippen LogP contribution is -2.23. The molecule has 2 unspecified atom stereocenters. The minimum Gasteiger partial charge on any atom is -0.316 e. The first kappa shape index (κ1) is 8.72. The van der Waals surface area contributed by atoms with E-state index in [0.29, 0.717) is 11.7 Å². The minimum atomic E-state index is 0.264. The fourth-order valence-corrected chi connectivity index (χ4v) is 1.50. The number of carbonyl (C=O) groups is 1. The third kappa shape index (κ3) is 2.03. The monoisotopic (exact) mass is 155 g/mol. The van der Waals surface area contributed by atoms with Crippen LogP contribution in [0.4, 0.5) is 0 Å². The van der Waals surface area contributed by atoms with Gasteiger partial charge in [0.2, 0.25) is 0 Å². The Hall–Kier alpha value is -0.370. The van der Waals surface area contributed by atoms with Gasteiger partial charge in [0.15, 0.2) is 0 Å². The molecule has 11 heavy (non-hydrogen) atoms. The highest BCUT2D eigenvalue weighted by atomic mass is 16.1. The predicted molar refractivity (Wildman–Crippen MR) is 45.4 cm³/mol. The molecule has 0 bridgehead atoms. The molecule has 1 rings (SSSR count). The van der Waals surface area contributed by atoms with Crippen molar-refractivity contribution in [3.05, 3.63) is 0 Å². The fourth-order valence-electron chi connectivity index (χ4n) is 1.50. The number of hydrogen-bond acceptors (Lipinski definition) is 2. The summed E-state index contributed by atoms with van der Waals surface area (Å²) >= 11 is 0. The van der Waals surface area contributed by atoms with E-state index in [0.717, 1.165) is 25.9 Å². The molecule has 0 saturated carbocycles. The molecule has 64 valence electrons. The Morgan fingerprint density at radius 1 is 1.73 bits per heavy atom. The first-order valence-electron chi connectivity index (χ1n) is 4.50. The normalized spacial score (nSPS) is 26.9. The molecular formula is C9H17NO. The van der Waals surface area contributed by atoms with E-state index in [1.54, 1.807) is 0 Å². The zero-order chi connectivity index (χ0) is 8.27. The van der Waals surface area contributed by atoms with Crippen LogP contribution in [0.2, 0.25) is 0 Å². The molecule has 0 spiro atoms. The van der Waals surface area contributed by atoms with E-state index in [2.05, 4.69) is 12.2 Å². The second kappa shape index (κ2) is 3.86. The standard InChI is InChI=1S/C9H17NO/c1-3-7(2)9(11)8-4-5-10-6-8/h7-8,10H,3-6H2,1-2H3. The van der Waals surface area contributed by atoms with Crippen LogP contribution < -0.4 is 5.32 Å². The van der Waals surface area contributed by atoms with Gasteiger partial charge in [0.05, 0.1) is 0 Å². The van der Waals surface area contributed by atoms with E-state index in [1.807, 2.05) is 6.92 Å². The summed E-state index contributed by atoms with van der Waals surface area (Å²) in [4.78, 5) is 11.5. The van der Waals surface area contributed by atoms with Crippen molar-refractivity contribution < 1.29 is 4.79 Å². The van der Waals surface area contributed by atoms with Gasteiger partial charge in [-0.2, -0.15) is 0 Å². The van der Waals surface area contributed by atoms with Crippen molar-refractivity contribution in [3.63, 3.8) is 0 Å². The highest BCUT2D eigenvalue weighted by Crippen LogP contribution is 2.16. The Labute approximate surface area is 68.4 Å². The van der Waals surface area contributed by atoms with Crippen molar-refractivity contribution >= 4 is 5.78 Å². The number of hydrogen-bond donors (Lipinski definition) is 1. The second-order valence-corrected chi connectivity index (χ2v) is 3.40. The first-order chi connectivity index (χ1) is 5.25. The molecule has 2 nitrogen and oxygen atoms in total. The van der Waals surface area contributed by atoms with E-state index in [9.17, 15) is 4.79 Å². The van der Waals surface area contributed by atoms with Crippen molar-refractivity contribution in [2.24, 2.45) is 11.8 Å². The van der Waals surface area contributed by atoms with Gasteiger partial charge in [0, 0.05) is 18.4 Å². The van der Waals surface area contributed by atoms with Gasteiger partial charge in [0.25, 0.3) is 0 Å². The average molecular weight is 155 g/mol. The summed E-state index contributed by atoms with van der Waals surface area (Å²) in [6.07, 6.45) is 2.03. The zero-order valence-electron chi connectivity index (χ0n) is 7.39. The summed E-state index contributed by atoms with van der Waals surface area (Å²) in [5.74, 6) is 1.03. The molecule has 2 atom stereocenters. The van der Waals surface area contributed by atoms with Crippen LogP contribution in [0.3, 0.4) is 0 Å². The Morgan fingerprint density at radius 3 is 2.91 bits per heavy atom. The van der Waals surface area contributed by atoms with Gasteiger partial charge in [-0.25, -0.2) is 0 Å². The molecule has 1 heterocycles. The summed E-state index contributed by atoms with van der Waals surface area (Å²) in [6, 6.07) is 0. The number of nitrogens with one attached hydrogen (secondary N) is 1. The highest BCUT2D eigenvalue weighted by Gasteiger charge is 2.25. The van der Waals surface area contributed by atoms with Crippen LogP contribution in [0.1, 0.15) is 26.7 Å². The number of Topliss-reactive ketones (excluding diaryl/α,β-unsaturated/α-hetero) is 1.